The van der Waals surface area contributed by atoms with Crippen LogP contribution in [0.1, 0.15) is 0 Å². The molecule has 0 saturated carbocycles. The van der Waals surface area contributed by atoms with Gasteiger partial charge in [-0.05, 0) is 0 Å². The van der Waals surface area contributed by atoms with Gasteiger partial charge in [0.25, 0.3) is 0 Å². The van der Waals surface area contributed by atoms with Crippen molar-refractivity contribution in [3.8, 4) is 0 Å². The van der Waals surface area contributed by atoms with Gasteiger partial charge in [-0.25, -0.2) is 0 Å². The van der Waals surface area contributed by atoms with Crippen molar-refractivity contribution >= 4 is 12.4 Å². The smallest absolute Gasteiger partial charge is 1.00 e. The normalized spacial score (nSPS) is 0. The van der Waals surface area contributed by atoms with Crippen LogP contribution in [0.2, 0.25) is 0 Å². The van der Waals surface area contributed by atoms with Gasteiger partial charge in [0.1, 0.15) is 0 Å². The SMILES string of the molecule is Cl.[Cl-].[Cl-].[Cl-].[K+].[Zn+2]. The molecule has 0 spiro atoms. The van der Waals surface area contributed by atoms with Gasteiger partial charge in [-0.2, -0.15) is 0 Å². The van der Waals surface area contributed by atoms with E-state index in [2.05, 4.69) is 0 Å². The molecule has 6 heavy (non-hydrogen) atoms. The molecular weight excluding hydrogens is 246 g/mol. The van der Waals surface area contributed by atoms with Crippen molar-refractivity contribution in [1.82, 2.24) is 0 Å². The van der Waals surface area contributed by atoms with Crippen molar-refractivity contribution in [3.63, 3.8) is 0 Å². The third-order valence-electron chi connectivity index (χ3n) is 0. The van der Waals surface area contributed by atoms with Crippen molar-refractivity contribution in [1.29, 1.82) is 0 Å². The second-order valence-corrected chi connectivity index (χ2v) is 0. The molecule has 0 N–H and O–H groups in total. The second kappa shape index (κ2) is 39.6. The Balaban J connectivity index is 0. The van der Waals surface area contributed by atoms with E-state index in [0.717, 1.165) is 0 Å². The minimum Gasteiger partial charge on any atom is -1.00 e. The maximum Gasteiger partial charge on any atom is 2.00 e. The van der Waals surface area contributed by atoms with Crippen LogP contribution in [0.4, 0.5) is 0 Å². The molecule has 0 aliphatic heterocycles. The van der Waals surface area contributed by atoms with Gasteiger partial charge in [-0.3, -0.25) is 0 Å². The summed E-state index contributed by atoms with van der Waals surface area (Å²) in [6, 6.07) is 0. The van der Waals surface area contributed by atoms with E-state index < -0.39 is 0 Å². The molecular formula is HCl4KZn. The molecule has 0 amide bonds. The summed E-state index contributed by atoms with van der Waals surface area (Å²) in [4.78, 5) is 0. The Labute approximate surface area is 118 Å². The Kier molecular flexibility index (Phi) is 377. The first-order chi connectivity index (χ1) is 0. The molecule has 0 nitrogen and oxygen atoms in total. The second-order valence-electron chi connectivity index (χ2n) is 0. The Morgan fingerprint density at radius 3 is 0.667 bits per heavy atom. The summed E-state index contributed by atoms with van der Waals surface area (Å²) in [6.07, 6.45) is 0. The van der Waals surface area contributed by atoms with Crippen molar-refractivity contribution in [2.45, 2.75) is 0 Å². The van der Waals surface area contributed by atoms with Crippen LogP contribution in [0.15, 0.2) is 0 Å². The minimum atomic E-state index is 0. The van der Waals surface area contributed by atoms with Gasteiger partial charge in [-0.1, -0.05) is 0 Å². The fourth-order valence-corrected chi connectivity index (χ4v) is 0. The molecule has 0 fully saturated rings. The van der Waals surface area contributed by atoms with Gasteiger partial charge in [0.2, 0.25) is 0 Å². The Morgan fingerprint density at radius 1 is 0.667 bits per heavy atom. The van der Waals surface area contributed by atoms with Crippen molar-refractivity contribution in [2.24, 2.45) is 0 Å². The van der Waals surface area contributed by atoms with Crippen molar-refractivity contribution < 1.29 is 108 Å². The summed E-state index contributed by atoms with van der Waals surface area (Å²) in [5, 5.41) is 0. The van der Waals surface area contributed by atoms with Gasteiger partial charge in [0.05, 0.1) is 0 Å². The summed E-state index contributed by atoms with van der Waals surface area (Å²) in [5.41, 5.74) is 0. The molecule has 0 bridgehead atoms. The number of hydrogen-bond acceptors (Lipinski definition) is 0. The largest absolute Gasteiger partial charge is 2.00 e. The molecule has 0 heterocycles. The van der Waals surface area contributed by atoms with E-state index in [1.807, 2.05) is 0 Å². The van der Waals surface area contributed by atoms with Gasteiger partial charge < -0.3 is 37.2 Å². The Hall–Kier alpha value is 3.42. The first-order valence-electron chi connectivity index (χ1n) is 0. The summed E-state index contributed by atoms with van der Waals surface area (Å²) in [6.45, 7) is 0. The molecule has 0 unspecified atom stereocenters. The molecule has 0 radical (unpaired) electrons. The third-order valence-corrected chi connectivity index (χ3v) is 0. The first-order valence-corrected chi connectivity index (χ1v) is 0. The van der Waals surface area contributed by atoms with Crippen LogP contribution in [0, 0.1) is 0 Å². The van der Waals surface area contributed by atoms with Gasteiger partial charge in [0.15, 0.2) is 0 Å². The quantitative estimate of drug-likeness (QED) is 0.373. The Bertz CT molecular complexity index is 7.51. The van der Waals surface area contributed by atoms with Gasteiger partial charge in [-0.15, -0.1) is 12.4 Å². The molecule has 32 valence electrons. The fourth-order valence-electron chi connectivity index (χ4n) is 0. The maximum absolute atomic E-state index is 0. The molecule has 6 heteroatoms. The number of halogens is 4. The fraction of sp³-hybridized carbons (Fsp3) is 0. The van der Waals surface area contributed by atoms with Crippen LogP contribution in [0.5, 0.6) is 0 Å². The monoisotopic (exact) mass is 244 g/mol. The van der Waals surface area contributed by atoms with Crippen LogP contribution in [-0.4, -0.2) is 0 Å². The minimum absolute atomic E-state index is 0. The zero-order valence-corrected chi connectivity index (χ0v) is 12.4. The molecule has 0 aromatic carbocycles. The third kappa shape index (κ3) is 26.1. The number of hydrogen-bond donors (Lipinski definition) is 0. The summed E-state index contributed by atoms with van der Waals surface area (Å²) in [5.74, 6) is 0. The molecule has 0 aromatic rings. The van der Waals surface area contributed by atoms with Gasteiger partial charge in [0, 0.05) is 0 Å². The molecule has 0 aromatic heterocycles. The molecule has 0 atom stereocenters. The predicted molar refractivity (Wildman–Crippen MR) is 7.25 cm³/mol. The van der Waals surface area contributed by atoms with E-state index in [4.69, 9.17) is 0 Å². The van der Waals surface area contributed by atoms with E-state index in [1.165, 1.54) is 0 Å². The van der Waals surface area contributed by atoms with Crippen molar-refractivity contribution in [3.05, 3.63) is 0 Å². The molecule has 0 saturated heterocycles. The summed E-state index contributed by atoms with van der Waals surface area (Å²) < 4.78 is 0. The van der Waals surface area contributed by atoms with Crippen LogP contribution < -0.4 is 88.6 Å². The maximum atomic E-state index is 0. The first kappa shape index (κ1) is 57.1. The zero-order chi connectivity index (χ0) is 0. The molecule has 0 aliphatic carbocycles. The topological polar surface area (TPSA) is 0 Å². The van der Waals surface area contributed by atoms with Crippen molar-refractivity contribution in [2.75, 3.05) is 0 Å². The summed E-state index contributed by atoms with van der Waals surface area (Å²) >= 11 is 0. The van der Waals surface area contributed by atoms with Crippen LogP contribution in [0.25, 0.3) is 0 Å². The summed E-state index contributed by atoms with van der Waals surface area (Å²) in [7, 11) is 0. The standard InChI is InChI=1S/4ClH.K.Zn/h4*1H;;/q;;;;+1;+2/p-3. The van der Waals surface area contributed by atoms with E-state index in [-0.39, 0.29) is 120 Å². The van der Waals surface area contributed by atoms with Crippen LogP contribution >= 0.6 is 12.4 Å². The number of rotatable bonds is 0. The molecule has 0 rings (SSSR count). The van der Waals surface area contributed by atoms with Gasteiger partial charge >= 0.3 is 70.9 Å². The van der Waals surface area contributed by atoms with E-state index in [9.17, 15) is 0 Å². The molecule has 0 aliphatic rings. The zero-order valence-electron chi connectivity index (χ0n) is 3.25. The van der Waals surface area contributed by atoms with E-state index in [0.29, 0.717) is 0 Å². The average Bonchev–Trinajstić information content (AvgIpc) is 0. The predicted octanol–water partition coefficient (Wildman–Crippen LogP) is -11.6. The average molecular weight is 247 g/mol. The van der Waals surface area contributed by atoms with E-state index >= 15 is 0 Å². The van der Waals surface area contributed by atoms with Crippen LogP contribution in [-0.2, 0) is 19.5 Å². The van der Waals surface area contributed by atoms with E-state index in [1.54, 1.807) is 0 Å². The Morgan fingerprint density at radius 2 is 0.667 bits per heavy atom. The van der Waals surface area contributed by atoms with Crippen LogP contribution in [0.3, 0.4) is 0 Å².